The molecule has 2 aromatic carbocycles. The molecular weight excluding hydrogens is 322 g/mol. The van der Waals surface area contributed by atoms with Crippen molar-refractivity contribution in [2.45, 2.75) is 26.9 Å². The number of aromatic nitrogens is 2. The maximum Gasteiger partial charge on any atom is 0.258 e. The standard InChI is InChI=1S/C19H20ClN3O/c1-12-4-5-14(13(2)8-12)10-23(3)11-18-21-17-9-15(20)6-7-16(17)19(24)22-18/h4-9H,10-11H2,1-3H3,(H,21,22,24). The Bertz CT molecular complexity index is 949. The number of aryl methyl sites for hydroxylation is 2. The predicted molar refractivity (Wildman–Crippen MR) is 98.5 cm³/mol. The van der Waals surface area contributed by atoms with Crippen LogP contribution in [0.2, 0.25) is 5.02 Å². The number of hydrogen-bond acceptors (Lipinski definition) is 3. The van der Waals surface area contributed by atoms with E-state index >= 15 is 0 Å². The second-order valence-corrected chi connectivity index (χ2v) is 6.71. The van der Waals surface area contributed by atoms with Gasteiger partial charge in [0.15, 0.2) is 0 Å². The summed E-state index contributed by atoms with van der Waals surface area (Å²) in [5.74, 6) is 0.641. The van der Waals surface area contributed by atoms with Crippen molar-refractivity contribution in [2.24, 2.45) is 0 Å². The number of fused-ring (bicyclic) bond motifs is 1. The SMILES string of the molecule is Cc1ccc(CN(C)Cc2nc3cc(Cl)ccc3c(=O)[nH]2)c(C)c1. The van der Waals surface area contributed by atoms with Gasteiger partial charge in [0.1, 0.15) is 5.82 Å². The number of hydrogen-bond donors (Lipinski definition) is 1. The molecule has 0 aliphatic heterocycles. The molecule has 0 saturated heterocycles. The molecule has 0 fully saturated rings. The number of H-pyrrole nitrogens is 1. The second kappa shape index (κ2) is 6.75. The Kier molecular flexibility index (Phi) is 4.69. The van der Waals surface area contributed by atoms with Gasteiger partial charge in [0, 0.05) is 11.6 Å². The largest absolute Gasteiger partial charge is 0.309 e. The Balaban J connectivity index is 1.82. The summed E-state index contributed by atoms with van der Waals surface area (Å²) in [5.41, 5.74) is 4.30. The predicted octanol–water partition coefficient (Wildman–Crippen LogP) is 3.83. The molecule has 0 spiro atoms. The van der Waals surface area contributed by atoms with Crippen molar-refractivity contribution in [1.29, 1.82) is 0 Å². The van der Waals surface area contributed by atoms with Gasteiger partial charge in [0.05, 0.1) is 17.4 Å². The van der Waals surface area contributed by atoms with Crippen molar-refractivity contribution in [3.8, 4) is 0 Å². The minimum Gasteiger partial charge on any atom is -0.309 e. The Morgan fingerprint density at radius 3 is 2.67 bits per heavy atom. The maximum atomic E-state index is 12.2. The van der Waals surface area contributed by atoms with Gasteiger partial charge in [-0.2, -0.15) is 0 Å². The van der Waals surface area contributed by atoms with E-state index in [0.717, 1.165) is 6.54 Å². The highest BCUT2D eigenvalue weighted by Gasteiger charge is 2.09. The monoisotopic (exact) mass is 341 g/mol. The third kappa shape index (κ3) is 3.66. The first-order chi connectivity index (χ1) is 11.4. The van der Waals surface area contributed by atoms with Crippen LogP contribution in [0, 0.1) is 13.8 Å². The molecule has 0 aliphatic rings. The molecule has 4 nitrogen and oxygen atoms in total. The van der Waals surface area contributed by atoms with Crippen LogP contribution in [-0.2, 0) is 13.1 Å². The number of benzene rings is 2. The van der Waals surface area contributed by atoms with Crippen LogP contribution in [0.4, 0.5) is 0 Å². The molecule has 0 radical (unpaired) electrons. The number of nitrogens with one attached hydrogen (secondary N) is 1. The zero-order chi connectivity index (χ0) is 17.3. The molecule has 0 bridgehead atoms. The summed E-state index contributed by atoms with van der Waals surface area (Å²) in [6.45, 7) is 5.57. The summed E-state index contributed by atoms with van der Waals surface area (Å²) in [6, 6.07) is 11.6. The van der Waals surface area contributed by atoms with Crippen molar-refractivity contribution in [3.05, 3.63) is 74.3 Å². The van der Waals surface area contributed by atoms with Crippen LogP contribution in [0.1, 0.15) is 22.5 Å². The molecule has 3 rings (SSSR count). The Labute approximate surface area is 146 Å². The van der Waals surface area contributed by atoms with Gasteiger partial charge in [-0.1, -0.05) is 35.4 Å². The average molecular weight is 342 g/mol. The molecule has 0 atom stereocenters. The molecule has 5 heteroatoms. The fraction of sp³-hybridized carbons (Fsp3) is 0.263. The lowest BCUT2D eigenvalue weighted by molar-refractivity contribution is 0.310. The van der Waals surface area contributed by atoms with Crippen LogP contribution in [0.25, 0.3) is 10.9 Å². The fourth-order valence-corrected chi connectivity index (χ4v) is 3.03. The van der Waals surface area contributed by atoms with E-state index in [1.807, 2.05) is 7.05 Å². The molecule has 0 aliphatic carbocycles. The molecule has 24 heavy (non-hydrogen) atoms. The van der Waals surface area contributed by atoms with Crippen LogP contribution in [0.5, 0.6) is 0 Å². The summed E-state index contributed by atoms with van der Waals surface area (Å²) in [4.78, 5) is 21.7. The summed E-state index contributed by atoms with van der Waals surface area (Å²) < 4.78 is 0. The molecular formula is C19H20ClN3O. The fourth-order valence-electron chi connectivity index (χ4n) is 2.86. The van der Waals surface area contributed by atoms with E-state index < -0.39 is 0 Å². The summed E-state index contributed by atoms with van der Waals surface area (Å²) in [7, 11) is 2.02. The first-order valence-corrected chi connectivity index (χ1v) is 8.23. The van der Waals surface area contributed by atoms with Crippen LogP contribution in [-0.4, -0.2) is 21.9 Å². The van der Waals surface area contributed by atoms with E-state index in [0.29, 0.717) is 28.3 Å². The third-order valence-corrected chi connectivity index (χ3v) is 4.31. The van der Waals surface area contributed by atoms with Crippen LogP contribution in [0.15, 0.2) is 41.2 Å². The number of aromatic amines is 1. The Morgan fingerprint density at radius 1 is 1.12 bits per heavy atom. The van der Waals surface area contributed by atoms with E-state index in [1.54, 1.807) is 18.2 Å². The molecule has 1 N–H and O–H groups in total. The van der Waals surface area contributed by atoms with Gasteiger partial charge in [-0.3, -0.25) is 9.69 Å². The van der Waals surface area contributed by atoms with E-state index in [4.69, 9.17) is 11.6 Å². The topological polar surface area (TPSA) is 49.0 Å². The quantitative estimate of drug-likeness (QED) is 0.784. The highest BCUT2D eigenvalue weighted by atomic mass is 35.5. The molecule has 1 aromatic heterocycles. The average Bonchev–Trinajstić information content (AvgIpc) is 2.49. The Hall–Kier alpha value is -2.17. The van der Waals surface area contributed by atoms with E-state index in [1.165, 1.54) is 16.7 Å². The zero-order valence-corrected chi connectivity index (χ0v) is 14.8. The third-order valence-electron chi connectivity index (χ3n) is 4.08. The lowest BCUT2D eigenvalue weighted by Gasteiger charge is -2.18. The van der Waals surface area contributed by atoms with Crippen LogP contribution < -0.4 is 5.56 Å². The highest BCUT2D eigenvalue weighted by molar-refractivity contribution is 6.31. The maximum absolute atomic E-state index is 12.2. The van der Waals surface area contributed by atoms with Gasteiger partial charge >= 0.3 is 0 Å². The van der Waals surface area contributed by atoms with Crippen molar-refractivity contribution in [2.75, 3.05) is 7.05 Å². The van der Waals surface area contributed by atoms with Gasteiger partial charge in [-0.25, -0.2) is 4.98 Å². The first kappa shape index (κ1) is 16.7. The van der Waals surface area contributed by atoms with Crippen molar-refractivity contribution in [1.82, 2.24) is 14.9 Å². The van der Waals surface area contributed by atoms with Crippen molar-refractivity contribution in [3.63, 3.8) is 0 Å². The van der Waals surface area contributed by atoms with E-state index in [9.17, 15) is 4.79 Å². The first-order valence-electron chi connectivity index (χ1n) is 7.85. The van der Waals surface area contributed by atoms with Crippen LogP contribution in [0.3, 0.4) is 0 Å². The molecule has 0 amide bonds. The molecule has 0 saturated carbocycles. The molecule has 3 aromatic rings. The van der Waals surface area contributed by atoms with E-state index in [2.05, 4.69) is 46.9 Å². The van der Waals surface area contributed by atoms with Crippen molar-refractivity contribution >= 4 is 22.5 Å². The lowest BCUT2D eigenvalue weighted by atomic mass is 10.1. The van der Waals surface area contributed by atoms with Crippen molar-refractivity contribution < 1.29 is 0 Å². The smallest absolute Gasteiger partial charge is 0.258 e. The normalized spacial score (nSPS) is 11.4. The van der Waals surface area contributed by atoms with E-state index in [-0.39, 0.29) is 5.56 Å². The summed E-state index contributed by atoms with van der Waals surface area (Å²) >= 11 is 6.00. The van der Waals surface area contributed by atoms with Gasteiger partial charge in [0.25, 0.3) is 5.56 Å². The number of rotatable bonds is 4. The van der Waals surface area contributed by atoms with Gasteiger partial charge in [-0.05, 0) is 50.2 Å². The minimum absolute atomic E-state index is 0.133. The Morgan fingerprint density at radius 2 is 1.92 bits per heavy atom. The highest BCUT2D eigenvalue weighted by Crippen LogP contribution is 2.16. The molecule has 124 valence electrons. The van der Waals surface area contributed by atoms with Gasteiger partial charge in [-0.15, -0.1) is 0 Å². The van der Waals surface area contributed by atoms with Gasteiger partial charge in [0.2, 0.25) is 0 Å². The molecule has 1 heterocycles. The van der Waals surface area contributed by atoms with Gasteiger partial charge < -0.3 is 4.98 Å². The zero-order valence-electron chi connectivity index (χ0n) is 14.1. The molecule has 0 unspecified atom stereocenters. The minimum atomic E-state index is -0.133. The summed E-state index contributed by atoms with van der Waals surface area (Å²) in [5, 5.41) is 1.13. The number of nitrogens with zero attached hydrogens (tertiary/aromatic N) is 2. The summed E-state index contributed by atoms with van der Waals surface area (Å²) in [6.07, 6.45) is 0. The number of halogens is 1. The van der Waals surface area contributed by atoms with Crippen LogP contribution >= 0.6 is 11.6 Å². The lowest BCUT2D eigenvalue weighted by Crippen LogP contribution is -2.22. The second-order valence-electron chi connectivity index (χ2n) is 6.28.